The molecule has 0 amide bonds. The number of hydrogen-bond donors (Lipinski definition) is 1. The Morgan fingerprint density at radius 1 is 1.46 bits per heavy atom. The SMILES string of the molecule is NCCOCc1nnc2n1CCC2. The minimum Gasteiger partial charge on any atom is -0.372 e. The zero-order valence-corrected chi connectivity index (χ0v) is 7.57. The first kappa shape index (κ1) is 8.65. The van der Waals surface area contributed by atoms with E-state index in [0.29, 0.717) is 19.8 Å². The van der Waals surface area contributed by atoms with Crippen molar-refractivity contribution in [2.75, 3.05) is 13.2 Å². The van der Waals surface area contributed by atoms with Crippen LogP contribution in [-0.2, 0) is 24.3 Å². The lowest BCUT2D eigenvalue weighted by Crippen LogP contribution is -2.10. The molecule has 2 heterocycles. The van der Waals surface area contributed by atoms with E-state index in [2.05, 4.69) is 14.8 Å². The van der Waals surface area contributed by atoms with Crippen molar-refractivity contribution in [2.45, 2.75) is 26.0 Å². The average molecular weight is 182 g/mol. The molecule has 0 fully saturated rings. The summed E-state index contributed by atoms with van der Waals surface area (Å²) in [5, 5.41) is 8.13. The van der Waals surface area contributed by atoms with Gasteiger partial charge in [0.15, 0.2) is 5.82 Å². The molecule has 1 aliphatic rings. The number of fused-ring (bicyclic) bond motifs is 1. The van der Waals surface area contributed by atoms with Crippen molar-refractivity contribution in [1.82, 2.24) is 14.8 Å². The van der Waals surface area contributed by atoms with E-state index in [0.717, 1.165) is 24.6 Å². The molecule has 0 aromatic carbocycles. The molecule has 2 rings (SSSR count). The summed E-state index contributed by atoms with van der Waals surface area (Å²) in [4.78, 5) is 0. The van der Waals surface area contributed by atoms with E-state index in [1.54, 1.807) is 0 Å². The molecule has 72 valence electrons. The van der Waals surface area contributed by atoms with E-state index >= 15 is 0 Å². The van der Waals surface area contributed by atoms with Gasteiger partial charge in [0.05, 0.1) is 6.61 Å². The zero-order chi connectivity index (χ0) is 9.10. The summed E-state index contributed by atoms with van der Waals surface area (Å²) in [5.74, 6) is 2.02. The Labute approximate surface area is 76.9 Å². The Bertz CT molecular complexity index is 284. The predicted molar refractivity (Wildman–Crippen MR) is 47.1 cm³/mol. The Balaban J connectivity index is 1.96. The van der Waals surface area contributed by atoms with Crippen LogP contribution in [0.25, 0.3) is 0 Å². The molecule has 0 unspecified atom stereocenters. The van der Waals surface area contributed by atoms with Crippen LogP contribution in [0, 0.1) is 0 Å². The molecule has 5 heteroatoms. The van der Waals surface area contributed by atoms with Gasteiger partial charge in [0.1, 0.15) is 12.4 Å². The third kappa shape index (κ3) is 1.71. The minimum atomic E-state index is 0.532. The number of aryl methyl sites for hydroxylation is 1. The van der Waals surface area contributed by atoms with E-state index in [1.165, 1.54) is 6.42 Å². The summed E-state index contributed by atoms with van der Waals surface area (Å²) in [7, 11) is 0. The molecule has 0 aliphatic carbocycles. The van der Waals surface area contributed by atoms with Gasteiger partial charge in [0.2, 0.25) is 0 Å². The van der Waals surface area contributed by atoms with E-state index in [1.807, 2.05) is 0 Å². The summed E-state index contributed by atoms with van der Waals surface area (Å²) in [6, 6.07) is 0. The van der Waals surface area contributed by atoms with Crippen LogP contribution < -0.4 is 5.73 Å². The molecule has 2 N–H and O–H groups in total. The van der Waals surface area contributed by atoms with Crippen molar-refractivity contribution in [3.63, 3.8) is 0 Å². The maximum atomic E-state index is 5.31. The van der Waals surface area contributed by atoms with Gasteiger partial charge in [0.25, 0.3) is 0 Å². The van der Waals surface area contributed by atoms with Gasteiger partial charge in [-0.15, -0.1) is 10.2 Å². The van der Waals surface area contributed by atoms with Crippen molar-refractivity contribution < 1.29 is 4.74 Å². The highest BCUT2D eigenvalue weighted by molar-refractivity contribution is 4.99. The lowest BCUT2D eigenvalue weighted by Gasteiger charge is -2.02. The minimum absolute atomic E-state index is 0.532. The van der Waals surface area contributed by atoms with Crippen LogP contribution in [-0.4, -0.2) is 27.9 Å². The molecule has 1 aromatic rings. The van der Waals surface area contributed by atoms with Crippen LogP contribution in [0.5, 0.6) is 0 Å². The van der Waals surface area contributed by atoms with Crippen LogP contribution in [0.2, 0.25) is 0 Å². The van der Waals surface area contributed by atoms with Crippen LogP contribution in [0.1, 0.15) is 18.1 Å². The number of rotatable bonds is 4. The fraction of sp³-hybridized carbons (Fsp3) is 0.750. The molecule has 0 spiro atoms. The van der Waals surface area contributed by atoms with Crippen molar-refractivity contribution >= 4 is 0 Å². The number of nitrogens with zero attached hydrogens (tertiary/aromatic N) is 3. The summed E-state index contributed by atoms with van der Waals surface area (Å²) < 4.78 is 7.44. The van der Waals surface area contributed by atoms with Gasteiger partial charge in [-0.2, -0.15) is 0 Å². The highest BCUT2D eigenvalue weighted by Crippen LogP contribution is 2.14. The quantitative estimate of drug-likeness (QED) is 0.649. The molecule has 1 aromatic heterocycles. The standard InChI is InChI=1S/C8H14N4O/c9-3-5-13-6-8-11-10-7-2-1-4-12(7)8/h1-6,9H2. The lowest BCUT2D eigenvalue weighted by molar-refractivity contribution is 0.120. The van der Waals surface area contributed by atoms with E-state index < -0.39 is 0 Å². The molecule has 0 radical (unpaired) electrons. The first-order chi connectivity index (χ1) is 6.42. The molecular weight excluding hydrogens is 168 g/mol. The molecule has 1 aliphatic heterocycles. The highest BCUT2D eigenvalue weighted by Gasteiger charge is 2.16. The second-order valence-corrected chi connectivity index (χ2v) is 3.13. The lowest BCUT2D eigenvalue weighted by atomic mass is 10.4. The van der Waals surface area contributed by atoms with Crippen LogP contribution in [0.3, 0.4) is 0 Å². The van der Waals surface area contributed by atoms with E-state index in [9.17, 15) is 0 Å². The van der Waals surface area contributed by atoms with Crippen molar-refractivity contribution in [2.24, 2.45) is 5.73 Å². The first-order valence-electron chi connectivity index (χ1n) is 4.60. The van der Waals surface area contributed by atoms with Gasteiger partial charge in [-0.1, -0.05) is 0 Å². The summed E-state index contributed by atoms with van der Waals surface area (Å²) in [6.45, 7) is 2.71. The highest BCUT2D eigenvalue weighted by atomic mass is 16.5. The number of nitrogens with two attached hydrogens (primary N) is 1. The third-order valence-electron chi connectivity index (χ3n) is 2.18. The molecule has 0 saturated carbocycles. The van der Waals surface area contributed by atoms with Gasteiger partial charge >= 0.3 is 0 Å². The van der Waals surface area contributed by atoms with Crippen LogP contribution in [0.4, 0.5) is 0 Å². The fourth-order valence-electron chi connectivity index (χ4n) is 1.56. The average Bonchev–Trinajstić information content (AvgIpc) is 2.68. The van der Waals surface area contributed by atoms with Crippen molar-refractivity contribution in [1.29, 1.82) is 0 Å². The number of hydrogen-bond acceptors (Lipinski definition) is 4. The predicted octanol–water partition coefficient (Wildman–Crippen LogP) is -0.300. The first-order valence-corrected chi connectivity index (χ1v) is 4.60. The van der Waals surface area contributed by atoms with Crippen molar-refractivity contribution in [3.05, 3.63) is 11.6 Å². The summed E-state index contributed by atoms with van der Waals surface area (Å²) in [5.41, 5.74) is 5.31. The fourth-order valence-corrected chi connectivity index (χ4v) is 1.56. The van der Waals surface area contributed by atoms with Gasteiger partial charge in [-0.25, -0.2) is 0 Å². The van der Waals surface area contributed by atoms with E-state index in [4.69, 9.17) is 10.5 Å². The monoisotopic (exact) mass is 182 g/mol. The molecule has 0 saturated heterocycles. The Kier molecular flexibility index (Phi) is 2.56. The van der Waals surface area contributed by atoms with Crippen LogP contribution in [0.15, 0.2) is 0 Å². The summed E-state index contributed by atoms with van der Waals surface area (Å²) in [6.07, 6.45) is 2.22. The molecule has 0 atom stereocenters. The largest absolute Gasteiger partial charge is 0.372 e. The van der Waals surface area contributed by atoms with Gasteiger partial charge < -0.3 is 15.0 Å². The number of aromatic nitrogens is 3. The number of ether oxygens (including phenoxy) is 1. The van der Waals surface area contributed by atoms with Gasteiger partial charge in [-0.3, -0.25) is 0 Å². The summed E-state index contributed by atoms with van der Waals surface area (Å²) >= 11 is 0. The molecule has 13 heavy (non-hydrogen) atoms. The topological polar surface area (TPSA) is 66.0 Å². The Hall–Kier alpha value is -0.940. The van der Waals surface area contributed by atoms with Crippen molar-refractivity contribution in [3.8, 4) is 0 Å². The van der Waals surface area contributed by atoms with E-state index in [-0.39, 0.29) is 0 Å². The smallest absolute Gasteiger partial charge is 0.159 e. The maximum Gasteiger partial charge on any atom is 0.159 e. The Morgan fingerprint density at radius 3 is 3.23 bits per heavy atom. The second kappa shape index (κ2) is 3.85. The molecular formula is C8H14N4O. The molecule has 0 bridgehead atoms. The van der Waals surface area contributed by atoms with Gasteiger partial charge in [-0.05, 0) is 6.42 Å². The van der Waals surface area contributed by atoms with Gasteiger partial charge in [0, 0.05) is 19.5 Å². The second-order valence-electron chi connectivity index (χ2n) is 3.13. The third-order valence-corrected chi connectivity index (χ3v) is 2.18. The van der Waals surface area contributed by atoms with Crippen LogP contribution >= 0.6 is 0 Å². The Morgan fingerprint density at radius 2 is 2.38 bits per heavy atom. The normalized spacial score (nSPS) is 14.8. The molecule has 5 nitrogen and oxygen atoms in total. The maximum absolute atomic E-state index is 5.31. The zero-order valence-electron chi connectivity index (χ0n) is 7.57.